The van der Waals surface area contributed by atoms with Gasteiger partial charge in [0, 0.05) is 11.1 Å². The fourth-order valence-electron chi connectivity index (χ4n) is 1.15. The molecule has 0 aromatic heterocycles. The van der Waals surface area contributed by atoms with Crippen LogP contribution in [0.3, 0.4) is 0 Å². The highest BCUT2D eigenvalue weighted by Gasteiger charge is 2.23. The van der Waals surface area contributed by atoms with E-state index in [2.05, 4.69) is 4.72 Å². The highest BCUT2D eigenvalue weighted by molar-refractivity contribution is 7.89. The van der Waals surface area contributed by atoms with Crippen molar-refractivity contribution in [3.05, 3.63) is 27.2 Å². The molecule has 0 saturated carbocycles. The Balaban J connectivity index is 3.25. The summed E-state index contributed by atoms with van der Waals surface area (Å²) in [5.74, 6) is 0. The topological polar surface area (TPSA) is 66.4 Å². The number of hydrogen-bond donors (Lipinski definition) is 2. The number of rotatable bonds is 4. The van der Waals surface area contributed by atoms with E-state index < -0.39 is 16.1 Å². The predicted molar refractivity (Wildman–Crippen MR) is 68.3 cm³/mol. The maximum absolute atomic E-state index is 11.9. The first kappa shape index (κ1) is 15.0. The minimum atomic E-state index is -3.88. The van der Waals surface area contributed by atoms with Crippen LogP contribution in [0, 0.1) is 0 Å². The normalized spacial score (nSPS) is 13.7. The van der Waals surface area contributed by atoms with E-state index in [9.17, 15) is 8.42 Å². The van der Waals surface area contributed by atoms with Gasteiger partial charge in [0.15, 0.2) is 0 Å². The number of hydrogen-bond acceptors (Lipinski definition) is 3. The Kier molecular flexibility index (Phi) is 5.07. The lowest BCUT2D eigenvalue weighted by Crippen LogP contribution is -2.35. The van der Waals surface area contributed by atoms with E-state index in [4.69, 9.17) is 39.9 Å². The van der Waals surface area contributed by atoms with E-state index in [1.165, 1.54) is 19.1 Å². The summed E-state index contributed by atoms with van der Waals surface area (Å²) in [5, 5.41) is 8.92. The average Bonchev–Trinajstić information content (AvgIpc) is 2.14. The Morgan fingerprint density at radius 1 is 1.29 bits per heavy atom. The van der Waals surface area contributed by atoms with E-state index in [-0.39, 0.29) is 26.6 Å². The van der Waals surface area contributed by atoms with Crippen LogP contribution in [0.15, 0.2) is 17.0 Å². The second kappa shape index (κ2) is 5.73. The monoisotopic (exact) mass is 317 g/mol. The van der Waals surface area contributed by atoms with Gasteiger partial charge in [-0.3, -0.25) is 0 Å². The van der Waals surface area contributed by atoms with Crippen LogP contribution in [0.2, 0.25) is 15.1 Å². The second-order valence-electron chi connectivity index (χ2n) is 3.40. The lowest BCUT2D eigenvalue weighted by Gasteiger charge is -2.13. The van der Waals surface area contributed by atoms with Crippen molar-refractivity contribution in [3.8, 4) is 0 Å². The van der Waals surface area contributed by atoms with E-state index in [0.29, 0.717) is 0 Å². The minimum Gasteiger partial charge on any atom is -0.395 e. The van der Waals surface area contributed by atoms with Crippen LogP contribution < -0.4 is 4.72 Å². The second-order valence-corrected chi connectivity index (χ2v) is 6.31. The van der Waals surface area contributed by atoms with E-state index >= 15 is 0 Å². The van der Waals surface area contributed by atoms with Crippen molar-refractivity contribution in [2.24, 2.45) is 0 Å². The standard InChI is InChI=1S/C9H10Cl3NO3S/c1-5(4-14)13-17(15,16)9-7(11)2-6(10)3-8(9)12/h2-3,5,13-14H,4H2,1H3. The Morgan fingerprint density at radius 3 is 2.18 bits per heavy atom. The molecule has 0 fully saturated rings. The summed E-state index contributed by atoms with van der Waals surface area (Å²) >= 11 is 17.3. The zero-order chi connectivity index (χ0) is 13.2. The minimum absolute atomic E-state index is 0.0693. The van der Waals surface area contributed by atoms with Gasteiger partial charge in [-0.05, 0) is 19.1 Å². The quantitative estimate of drug-likeness (QED) is 0.895. The Bertz CT molecular complexity index is 495. The van der Waals surface area contributed by atoms with Gasteiger partial charge in [-0.2, -0.15) is 0 Å². The van der Waals surface area contributed by atoms with Gasteiger partial charge in [0.2, 0.25) is 10.0 Å². The number of benzene rings is 1. The first-order valence-corrected chi connectivity index (χ1v) is 7.17. The van der Waals surface area contributed by atoms with Gasteiger partial charge >= 0.3 is 0 Å². The van der Waals surface area contributed by atoms with Crippen molar-refractivity contribution in [2.75, 3.05) is 6.61 Å². The van der Waals surface area contributed by atoms with Crippen molar-refractivity contribution < 1.29 is 13.5 Å². The molecule has 0 spiro atoms. The third kappa shape index (κ3) is 3.71. The Morgan fingerprint density at radius 2 is 1.76 bits per heavy atom. The van der Waals surface area contributed by atoms with Crippen molar-refractivity contribution in [1.82, 2.24) is 4.72 Å². The summed E-state index contributed by atoms with van der Waals surface area (Å²) in [5.41, 5.74) is 0. The maximum atomic E-state index is 11.9. The molecule has 1 atom stereocenters. The molecule has 0 heterocycles. The van der Waals surface area contributed by atoms with Gasteiger partial charge in [-0.1, -0.05) is 34.8 Å². The molecule has 4 nitrogen and oxygen atoms in total. The molecule has 1 rings (SSSR count). The molecule has 1 aromatic carbocycles. The molecule has 2 N–H and O–H groups in total. The summed E-state index contributed by atoms with van der Waals surface area (Å²) < 4.78 is 26.1. The number of aliphatic hydroxyl groups excluding tert-OH is 1. The highest BCUT2D eigenvalue weighted by atomic mass is 35.5. The molecule has 0 bridgehead atoms. The number of aliphatic hydroxyl groups is 1. The maximum Gasteiger partial charge on any atom is 0.243 e. The lowest BCUT2D eigenvalue weighted by atomic mass is 10.4. The van der Waals surface area contributed by atoms with Crippen molar-refractivity contribution in [1.29, 1.82) is 0 Å². The molecule has 17 heavy (non-hydrogen) atoms. The number of nitrogens with one attached hydrogen (secondary N) is 1. The molecule has 0 saturated heterocycles. The molecule has 8 heteroatoms. The van der Waals surface area contributed by atoms with Crippen LogP contribution in [0.4, 0.5) is 0 Å². The molecule has 1 aromatic rings. The molecule has 0 aliphatic carbocycles. The highest BCUT2D eigenvalue weighted by Crippen LogP contribution is 2.32. The summed E-state index contributed by atoms with van der Waals surface area (Å²) in [4.78, 5) is -0.245. The van der Waals surface area contributed by atoms with Crippen molar-refractivity contribution in [3.63, 3.8) is 0 Å². The third-order valence-corrected chi connectivity index (χ3v) is 4.59. The zero-order valence-electron chi connectivity index (χ0n) is 8.75. The summed E-state index contributed by atoms with van der Waals surface area (Å²) in [7, 11) is -3.88. The summed E-state index contributed by atoms with van der Waals surface area (Å²) in [6, 6.07) is 1.93. The van der Waals surface area contributed by atoms with Crippen LogP contribution in [0.1, 0.15) is 6.92 Å². The SMILES string of the molecule is CC(CO)NS(=O)(=O)c1c(Cl)cc(Cl)cc1Cl. The Hall–Kier alpha value is -0.0400. The van der Waals surface area contributed by atoms with Crippen molar-refractivity contribution >= 4 is 44.8 Å². The van der Waals surface area contributed by atoms with E-state index in [1.54, 1.807) is 0 Å². The number of halogens is 3. The predicted octanol–water partition coefficient (Wildman–Crippen LogP) is 2.31. The third-order valence-electron chi connectivity index (χ3n) is 1.86. The smallest absolute Gasteiger partial charge is 0.243 e. The average molecular weight is 319 g/mol. The zero-order valence-corrected chi connectivity index (χ0v) is 11.8. The van der Waals surface area contributed by atoms with Gasteiger partial charge in [-0.25, -0.2) is 13.1 Å². The number of sulfonamides is 1. The first-order chi connectivity index (χ1) is 7.77. The van der Waals surface area contributed by atoms with Crippen LogP contribution in [-0.2, 0) is 10.0 Å². The van der Waals surface area contributed by atoms with Gasteiger partial charge in [0.25, 0.3) is 0 Å². The van der Waals surface area contributed by atoms with Crippen molar-refractivity contribution in [2.45, 2.75) is 17.9 Å². The first-order valence-electron chi connectivity index (χ1n) is 4.55. The van der Waals surface area contributed by atoms with Crippen LogP contribution in [0.25, 0.3) is 0 Å². The largest absolute Gasteiger partial charge is 0.395 e. The summed E-state index contributed by atoms with van der Waals surface area (Å²) in [6.07, 6.45) is 0. The van der Waals surface area contributed by atoms with Crippen LogP contribution in [-0.4, -0.2) is 26.2 Å². The van der Waals surface area contributed by atoms with Gasteiger partial charge in [-0.15, -0.1) is 0 Å². The van der Waals surface area contributed by atoms with Gasteiger partial charge < -0.3 is 5.11 Å². The van der Waals surface area contributed by atoms with E-state index in [0.717, 1.165) is 0 Å². The van der Waals surface area contributed by atoms with Crippen LogP contribution in [0.5, 0.6) is 0 Å². The van der Waals surface area contributed by atoms with Gasteiger partial charge in [0.05, 0.1) is 16.7 Å². The molecular weight excluding hydrogens is 309 g/mol. The Labute approximate surface area is 115 Å². The van der Waals surface area contributed by atoms with Crippen LogP contribution >= 0.6 is 34.8 Å². The lowest BCUT2D eigenvalue weighted by molar-refractivity contribution is 0.265. The molecule has 0 aliphatic rings. The molecule has 0 radical (unpaired) electrons. The fourth-order valence-corrected chi connectivity index (χ4v) is 3.93. The molecule has 1 unspecified atom stereocenters. The summed E-state index contributed by atoms with van der Waals surface area (Å²) in [6.45, 7) is 1.18. The van der Waals surface area contributed by atoms with E-state index in [1.807, 2.05) is 0 Å². The fraction of sp³-hybridized carbons (Fsp3) is 0.333. The molecule has 96 valence electrons. The molecular formula is C9H10Cl3NO3S. The van der Waals surface area contributed by atoms with Gasteiger partial charge in [0.1, 0.15) is 4.90 Å². The molecule has 0 amide bonds. The molecule has 0 aliphatic heterocycles.